The summed E-state index contributed by atoms with van der Waals surface area (Å²) in [5, 5.41) is 14.7. The molecule has 0 amide bonds. The van der Waals surface area contributed by atoms with Gasteiger partial charge in [-0.1, -0.05) is 4.49 Å². The largest absolute Gasteiger partial charge is 0.393 e. The number of aryl methyl sites for hydroxylation is 1. The van der Waals surface area contributed by atoms with Crippen molar-refractivity contribution in [1.29, 1.82) is 0 Å². The van der Waals surface area contributed by atoms with Crippen molar-refractivity contribution in [3.05, 3.63) is 11.1 Å². The average molecular weight is 158 g/mol. The van der Waals surface area contributed by atoms with Crippen LogP contribution in [0.4, 0.5) is 0 Å². The first-order valence-electron chi connectivity index (χ1n) is 3.23. The SMILES string of the molecule is C[C@@H](O)CCc1csnn1. The predicted octanol–water partition coefficient (Wildman–Crippen LogP) is 0.851. The highest BCUT2D eigenvalue weighted by Gasteiger charge is 1.98. The maximum Gasteiger partial charge on any atom is 0.0756 e. The molecule has 0 unspecified atom stereocenters. The van der Waals surface area contributed by atoms with Gasteiger partial charge in [-0.15, -0.1) is 5.10 Å². The van der Waals surface area contributed by atoms with Crippen LogP contribution in [0.25, 0.3) is 0 Å². The minimum atomic E-state index is -0.235. The van der Waals surface area contributed by atoms with Crippen LogP contribution in [0.3, 0.4) is 0 Å². The zero-order valence-corrected chi connectivity index (χ0v) is 6.64. The Labute approximate surface area is 63.9 Å². The molecule has 0 spiro atoms. The summed E-state index contributed by atoms with van der Waals surface area (Å²) in [6, 6.07) is 0. The molecule has 1 aromatic heterocycles. The van der Waals surface area contributed by atoms with E-state index in [2.05, 4.69) is 9.59 Å². The highest BCUT2D eigenvalue weighted by molar-refractivity contribution is 7.03. The van der Waals surface area contributed by atoms with Crippen molar-refractivity contribution in [2.75, 3.05) is 0 Å². The van der Waals surface area contributed by atoms with Crippen LogP contribution in [0.15, 0.2) is 5.38 Å². The normalized spacial score (nSPS) is 13.4. The summed E-state index contributed by atoms with van der Waals surface area (Å²) in [4.78, 5) is 0. The topological polar surface area (TPSA) is 46.0 Å². The number of rotatable bonds is 3. The van der Waals surface area contributed by atoms with E-state index in [0.717, 1.165) is 18.5 Å². The van der Waals surface area contributed by atoms with E-state index in [9.17, 15) is 0 Å². The zero-order valence-electron chi connectivity index (χ0n) is 5.82. The number of hydrogen-bond acceptors (Lipinski definition) is 4. The monoisotopic (exact) mass is 158 g/mol. The fourth-order valence-electron chi connectivity index (χ4n) is 0.650. The van der Waals surface area contributed by atoms with Gasteiger partial charge in [0.05, 0.1) is 11.8 Å². The minimum Gasteiger partial charge on any atom is -0.393 e. The van der Waals surface area contributed by atoms with Gasteiger partial charge in [-0.2, -0.15) is 0 Å². The Balaban J connectivity index is 2.28. The molecule has 1 aromatic rings. The lowest BCUT2D eigenvalue weighted by Gasteiger charge is -1.98. The van der Waals surface area contributed by atoms with Gasteiger partial charge in [0.2, 0.25) is 0 Å². The third-order valence-corrected chi connectivity index (χ3v) is 1.78. The second-order valence-electron chi connectivity index (χ2n) is 2.28. The van der Waals surface area contributed by atoms with Crippen LogP contribution in [0.1, 0.15) is 19.0 Å². The smallest absolute Gasteiger partial charge is 0.0756 e. The molecule has 3 nitrogen and oxygen atoms in total. The van der Waals surface area contributed by atoms with Gasteiger partial charge in [0.25, 0.3) is 0 Å². The maximum absolute atomic E-state index is 8.91. The molecule has 0 fully saturated rings. The molecule has 0 aliphatic heterocycles. The van der Waals surface area contributed by atoms with Crippen molar-refractivity contribution in [2.24, 2.45) is 0 Å². The van der Waals surface area contributed by atoms with Gasteiger partial charge in [-0.05, 0) is 31.3 Å². The average Bonchev–Trinajstić information content (AvgIpc) is 2.34. The predicted molar refractivity (Wildman–Crippen MR) is 39.9 cm³/mol. The molecular weight excluding hydrogens is 148 g/mol. The van der Waals surface area contributed by atoms with Crippen molar-refractivity contribution in [3.63, 3.8) is 0 Å². The van der Waals surface area contributed by atoms with Gasteiger partial charge in [0, 0.05) is 5.38 Å². The quantitative estimate of drug-likeness (QED) is 0.709. The van der Waals surface area contributed by atoms with Crippen molar-refractivity contribution in [1.82, 2.24) is 9.59 Å². The van der Waals surface area contributed by atoms with Crippen molar-refractivity contribution in [3.8, 4) is 0 Å². The highest BCUT2D eigenvalue weighted by Crippen LogP contribution is 2.02. The van der Waals surface area contributed by atoms with E-state index in [0.29, 0.717) is 0 Å². The zero-order chi connectivity index (χ0) is 7.40. The second-order valence-corrected chi connectivity index (χ2v) is 2.89. The van der Waals surface area contributed by atoms with Crippen molar-refractivity contribution in [2.45, 2.75) is 25.9 Å². The third kappa shape index (κ3) is 2.41. The standard InChI is InChI=1S/C6H10N2OS/c1-5(9)2-3-6-4-10-8-7-6/h4-5,9H,2-3H2,1H3/t5-/m1/s1. The molecule has 56 valence electrons. The molecule has 0 saturated carbocycles. The number of hydrogen-bond donors (Lipinski definition) is 1. The van der Waals surface area contributed by atoms with Crippen LogP contribution < -0.4 is 0 Å². The van der Waals surface area contributed by atoms with Crippen LogP contribution in [-0.2, 0) is 6.42 Å². The van der Waals surface area contributed by atoms with Gasteiger partial charge >= 0.3 is 0 Å². The number of nitrogens with zero attached hydrogens (tertiary/aromatic N) is 2. The summed E-state index contributed by atoms with van der Waals surface area (Å²) in [5.41, 5.74) is 0.978. The number of aliphatic hydroxyl groups is 1. The van der Waals surface area contributed by atoms with Crippen molar-refractivity contribution >= 4 is 11.5 Å². The van der Waals surface area contributed by atoms with Gasteiger partial charge in [-0.3, -0.25) is 0 Å². The van der Waals surface area contributed by atoms with Crippen LogP contribution in [0.5, 0.6) is 0 Å². The van der Waals surface area contributed by atoms with Gasteiger partial charge < -0.3 is 5.11 Å². The Kier molecular flexibility index (Phi) is 2.77. The Morgan fingerprint density at radius 1 is 1.80 bits per heavy atom. The Bertz CT molecular complexity index is 174. The third-order valence-electron chi connectivity index (χ3n) is 1.22. The molecule has 1 heterocycles. The van der Waals surface area contributed by atoms with Crippen LogP contribution in [0.2, 0.25) is 0 Å². The van der Waals surface area contributed by atoms with Gasteiger partial charge in [-0.25, -0.2) is 0 Å². The van der Waals surface area contributed by atoms with Crippen LogP contribution in [-0.4, -0.2) is 20.8 Å². The number of aromatic nitrogens is 2. The summed E-state index contributed by atoms with van der Waals surface area (Å²) in [7, 11) is 0. The lowest BCUT2D eigenvalue weighted by molar-refractivity contribution is 0.184. The molecule has 0 aromatic carbocycles. The molecule has 0 aliphatic carbocycles. The summed E-state index contributed by atoms with van der Waals surface area (Å²) in [6.45, 7) is 1.78. The lowest BCUT2D eigenvalue weighted by atomic mass is 10.2. The molecule has 0 aliphatic rings. The Morgan fingerprint density at radius 3 is 3.10 bits per heavy atom. The lowest BCUT2D eigenvalue weighted by Crippen LogP contribution is -2.01. The molecule has 4 heteroatoms. The first-order valence-corrected chi connectivity index (χ1v) is 4.06. The van der Waals surface area contributed by atoms with Gasteiger partial charge in [0.1, 0.15) is 0 Å². The molecule has 0 radical (unpaired) electrons. The van der Waals surface area contributed by atoms with E-state index < -0.39 is 0 Å². The van der Waals surface area contributed by atoms with Gasteiger partial charge in [0.15, 0.2) is 0 Å². The minimum absolute atomic E-state index is 0.235. The fraction of sp³-hybridized carbons (Fsp3) is 0.667. The Morgan fingerprint density at radius 2 is 2.60 bits per heavy atom. The summed E-state index contributed by atoms with van der Waals surface area (Å²) >= 11 is 1.35. The molecule has 0 bridgehead atoms. The molecule has 10 heavy (non-hydrogen) atoms. The first kappa shape index (κ1) is 7.63. The molecule has 1 rings (SSSR count). The van der Waals surface area contributed by atoms with E-state index >= 15 is 0 Å². The summed E-state index contributed by atoms with van der Waals surface area (Å²) < 4.78 is 3.71. The van der Waals surface area contributed by atoms with Crippen molar-refractivity contribution < 1.29 is 5.11 Å². The highest BCUT2D eigenvalue weighted by atomic mass is 32.1. The van der Waals surface area contributed by atoms with E-state index in [4.69, 9.17) is 5.11 Å². The summed E-state index contributed by atoms with van der Waals surface area (Å²) in [5.74, 6) is 0. The van der Waals surface area contributed by atoms with E-state index in [-0.39, 0.29) is 6.10 Å². The fourth-order valence-corrected chi connectivity index (χ4v) is 1.14. The number of aliphatic hydroxyl groups excluding tert-OH is 1. The van der Waals surface area contributed by atoms with E-state index in [1.54, 1.807) is 6.92 Å². The second kappa shape index (κ2) is 3.63. The van der Waals surface area contributed by atoms with E-state index in [1.165, 1.54) is 11.5 Å². The van der Waals surface area contributed by atoms with Crippen LogP contribution >= 0.6 is 11.5 Å². The molecular formula is C6H10N2OS. The maximum atomic E-state index is 8.91. The molecule has 1 N–H and O–H groups in total. The first-order chi connectivity index (χ1) is 4.79. The Hall–Kier alpha value is -0.480. The molecule has 0 saturated heterocycles. The van der Waals surface area contributed by atoms with E-state index in [1.807, 2.05) is 5.38 Å². The van der Waals surface area contributed by atoms with Crippen LogP contribution in [0, 0.1) is 0 Å². The molecule has 1 atom stereocenters. The summed E-state index contributed by atoms with van der Waals surface area (Å²) in [6.07, 6.45) is 1.36.